The SMILES string of the molecule is CCOC(=O)C(=O)O[C@@]1(c2ccccc2)C(c2ccccc2)=C(c2ccccc2)C(=O)[C@@H]1C. The van der Waals surface area contributed by atoms with Gasteiger partial charge < -0.3 is 9.47 Å². The number of carbonyl (C=O) groups is 3. The van der Waals surface area contributed by atoms with E-state index >= 15 is 0 Å². The highest BCUT2D eigenvalue weighted by molar-refractivity contribution is 6.35. The number of benzene rings is 3. The summed E-state index contributed by atoms with van der Waals surface area (Å²) in [5.41, 5.74) is 1.57. The first-order chi connectivity index (χ1) is 16.0. The number of rotatable bonds is 5. The summed E-state index contributed by atoms with van der Waals surface area (Å²) >= 11 is 0. The van der Waals surface area contributed by atoms with Crippen molar-refractivity contribution in [3.8, 4) is 0 Å². The highest BCUT2D eigenvalue weighted by atomic mass is 16.6. The maximum Gasteiger partial charge on any atom is 0.418 e. The zero-order valence-electron chi connectivity index (χ0n) is 18.5. The molecule has 0 aliphatic heterocycles. The molecule has 3 aromatic carbocycles. The van der Waals surface area contributed by atoms with Crippen LogP contribution in [0.5, 0.6) is 0 Å². The Kier molecular flexibility index (Phi) is 6.22. The van der Waals surface area contributed by atoms with Crippen LogP contribution in [-0.4, -0.2) is 24.3 Å². The van der Waals surface area contributed by atoms with Gasteiger partial charge in [-0.1, -0.05) is 97.9 Å². The molecule has 0 spiro atoms. The Morgan fingerprint density at radius 2 is 1.30 bits per heavy atom. The van der Waals surface area contributed by atoms with Gasteiger partial charge in [-0.15, -0.1) is 0 Å². The van der Waals surface area contributed by atoms with Crippen molar-refractivity contribution in [1.82, 2.24) is 0 Å². The average Bonchev–Trinajstić information content (AvgIpc) is 3.08. The molecule has 0 aromatic heterocycles. The van der Waals surface area contributed by atoms with Gasteiger partial charge in [0.15, 0.2) is 11.4 Å². The molecule has 0 bridgehead atoms. The molecule has 0 saturated heterocycles. The van der Waals surface area contributed by atoms with Crippen molar-refractivity contribution < 1.29 is 23.9 Å². The van der Waals surface area contributed by atoms with Gasteiger partial charge in [0.05, 0.1) is 12.5 Å². The fourth-order valence-corrected chi connectivity index (χ4v) is 4.44. The molecule has 4 rings (SSSR count). The molecule has 0 unspecified atom stereocenters. The number of hydrogen-bond donors (Lipinski definition) is 0. The van der Waals surface area contributed by atoms with Crippen molar-refractivity contribution in [2.24, 2.45) is 5.92 Å². The van der Waals surface area contributed by atoms with E-state index in [-0.39, 0.29) is 12.4 Å². The van der Waals surface area contributed by atoms with Crippen molar-refractivity contribution in [2.75, 3.05) is 6.61 Å². The summed E-state index contributed by atoms with van der Waals surface area (Å²) < 4.78 is 10.9. The van der Waals surface area contributed by atoms with E-state index in [0.29, 0.717) is 16.7 Å². The molecule has 3 aromatic rings. The second kappa shape index (κ2) is 9.25. The van der Waals surface area contributed by atoms with E-state index in [9.17, 15) is 14.4 Å². The largest absolute Gasteiger partial charge is 0.458 e. The summed E-state index contributed by atoms with van der Waals surface area (Å²) in [5, 5.41) is 0. The van der Waals surface area contributed by atoms with Crippen molar-refractivity contribution in [1.29, 1.82) is 0 Å². The Labute approximate surface area is 192 Å². The number of Topliss-reactive ketones (excluding diaryl/α,β-unsaturated/α-hetero) is 1. The molecular formula is C28H24O5. The van der Waals surface area contributed by atoms with Crippen molar-refractivity contribution in [2.45, 2.75) is 19.4 Å². The Bertz CT molecular complexity index is 1200. The van der Waals surface area contributed by atoms with Crippen LogP contribution in [0.25, 0.3) is 11.1 Å². The van der Waals surface area contributed by atoms with E-state index in [0.717, 1.165) is 11.1 Å². The lowest BCUT2D eigenvalue weighted by atomic mass is 9.77. The highest BCUT2D eigenvalue weighted by Gasteiger charge is 2.57. The van der Waals surface area contributed by atoms with Gasteiger partial charge in [0.25, 0.3) is 0 Å². The monoisotopic (exact) mass is 440 g/mol. The quantitative estimate of drug-likeness (QED) is 0.420. The van der Waals surface area contributed by atoms with E-state index in [2.05, 4.69) is 0 Å². The molecule has 166 valence electrons. The molecule has 1 aliphatic rings. The average molecular weight is 440 g/mol. The summed E-state index contributed by atoms with van der Waals surface area (Å²) in [5.74, 6) is -3.17. The highest BCUT2D eigenvalue weighted by Crippen LogP contribution is 2.55. The van der Waals surface area contributed by atoms with E-state index < -0.39 is 23.5 Å². The number of ether oxygens (including phenoxy) is 2. The smallest absolute Gasteiger partial charge is 0.418 e. The minimum Gasteiger partial charge on any atom is -0.458 e. The fraction of sp³-hybridized carbons (Fsp3) is 0.179. The summed E-state index contributed by atoms with van der Waals surface area (Å²) in [6, 6.07) is 27.7. The number of allylic oxidation sites excluding steroid dienone is 1. The number of hydrogen-bond acceptors (Lipinski definition) is 5. The standard InChI is InChI=1S/C28H24O5/c1-3-32-26(30)27(31)33-28(22-17-11-6-12-18-22)19(2)25(29)23(20-13-7-4-8-14-20)24(28)21-15-9-5-10-16-21/h4-19H,3H2,1-2H3/t19-,28-/m0/s1. The lowest BCUT2D eigenvalue weighted by Gasteiger charge is -2.36. The van der Waals surface area contributed by atoms with Gasteiger partial charge in [-0.05, 0) is 18.1 Å². The third-order valence-electron chi connectivity index (χ3n) is 5.89. The first kappa shape index (κ1) is 22.2. The summed E-state index contributed by atoms with van der Waals surface area (Å²) in [7, 11) is 0. The van der Waals surface area contributed by atoms with Gasteiger partial charge >= 0.3 is 11.9 Å². The molecule has 33 heavy (non-hydrogen) atoms. The Morgan fingerprint density at radius 1 is 0.788 bits per heavy atom. The zero-order valence-corrected chi connectivity index (χ0v) is 18.5. The lowest BCUT2D eigenvalue weighted by Crippen LogP contribution is -2.41. The molecule has 5 nitrogen and oxygen atoms in total. The molecule has 0 amide bonds. The Hall–Kier alpha value is -3.99. The summed E-state index contributed by atoms with van der Waals surface area (Å²) in [6.45, 7) is 3.38. The van der Waals surface area contributed by atoms with Crippen LogP contribution in [0.2, 0.25) is 0 Å². The third kappa shape index (κ3) is 3.87. The maximum atomic E-state index is 13.8. The van der Waals surface area contributed by atoms with Crippen LogP contribution in [0.1, 0.15) is 30.5 Å². The molecule has 2 atom stereocenters. The minimum atomic E-state index is -1.51. The number of ketones is 1. The van der Waals surface area contributed by atoms with Crippen molar-refractivity contribution >= 4 is 28.9 Å². The Morgan fingerprint density at radius 3 is 1.85 bits per heavy atom. The van der Waals surface area contributed by atoms with Crippen molar-refractivity contribution in [3.05, 3.63) is 108 Å². The molecule has 0 radical (unpaired) electrons. The van der Waals surface area contributed by atoms with Gasteiger partial charge in [0.1, 0.15) is 0 Å². The van der Waals surface area contributed by atoms with Gasteiger partial charge in [-0.25, -0.2) is 9.59 Å². The second-order valence-electron chi connectivity index (χ2n) is 7.78. The topological polar surface area (TPSA) is 69.7 Å². The molecule has 0 N–H and O–H groups in total. The van der Waals surface area contributed by atoms with Crippen LogP contribution >= 0.6 is 0 Å². The Balaban J connectivity index is 2.05. The second-order valence-corrected chi connectivity index (χ2v) is 7.78. The molecular weight excluding hydrogens is 416 g/mol. The predicted octanol–water partition coefficient (Wildman–Crippen LogP) is 4.82. The minimum absolute atomic E-state index is 0.0391. The van der Waals surface area contributed by atoms with E-state index in [4.69, 9.17) is 9.47 Å². The van der Waals surface area contributed by atoms with Crippen LogP contribution < -0.4 is 0 Å². The van der Waals surface area contributed by atoms with Crippen LogP contribution in [0.15, 0.2) is 91.0 Å². The van der Waals surface area contributed by atoms with Crippen molar-refractivity contribution in [3.63, 3.8) is 0 Å². The number of esters is 2. The number of carbonyl (C=O) groups excluding carboxylic acids is 3. The lowest BCUT2D eigenvalue weighted by molar-refractivity contribution is -0.177. The summed E-state index contributed by atoms with van der Waals surface area (Å²) in [6.07, 6.45) is 0. The normalized spacial score (nSPS) is 19.9. The first-order valence-electron chi connectivity index (χ1n) is 10.9. The first-order valence-corrected chi connectivity index (χ1v) is 10.9. The van der Waals surface area contributed by atoms with Gasteiger partial charge in [-0.2, -0.15) is 0 Å². The maximum absolute atomic E-state index is 13.8. The van der Waals surface area contributed by atoms with Crippen LogP contribution in [0, 0.1) is 5.92 Å². The molecule has 5 heteroatoms. The molecule has 0 fully saturated rings. The van der Waals surface area contributed by atoms with Crippen LogP contribution in [-0.2, 0) is 29.5 Å². The van der Waals surface area contributed by atoms with Crippen LogP contribution in [0.3, 0.4) is 0 Å². The molecule has 1 aliphatic carbocycles. The van der Waals surface area contributed by atoms with Gasteiger partial charge in [-0.3, -0.25) is 4.79 Å². The van der Waals surface area contributed by atoms with E-state index in [1.807, 2.05) is 78.9 Å². The van der Waals surface area contributed by atoms with E-state index in [1.165, 1.54) is 0 Å². The molecule has 0 heterocycles. The molecule has 0 saturated carbocycles. The zero-order chi connectivity index (χ0) is 23.4. The third-order valence-corrected chi connectivity index (χ3v) is 5.89. The summed E-state index contributed by atoms with van der Waals surface area (Å²) in [4.78, 5) is 39.0. The van der Waals surface area contributed by atoms with E-state index in [1.54, 1.807) is 26.0 Å². The van der Waals surface area contributed by atoms with Crippen LogP contribution in [0.4, 0.5) is 0 Å². The predicted molar refractivity (Wildman–Crippen MR) is 125 cm³/mol. The van der Waals surface area contributed by atoms with Gasteiger partial charge in [0, 0.05) is 16.7 Å². The van der Waals surface area contributed by atoms with Gasteiger partial charge in [0.2, 0.25) is 0 Å². The fourth-order valence-electron chi connectivity index (χ4n) is 4.44.